The summed E-state index contributed by atoms with van der Waals surface area (Å²) in [5.41, 5.74) is 1.28. The fraction of sp³-hybridized carbons (Fsp3) is 0.500. The molecular formula is C12H17NO. The van der Waals surface area contributed by atoms with Gasteiger partial charge in [0.2, 0.25) is 0 Å². The summed E-state index contributed by atoms with van der Waals surface area (Å²) in [6.45, 7) is 4.29. The highest BCUT2D eigenvalue weighted by Crippen LogP contribution is 2.17. The Hall–Kier alpha value is -1.02. The van der Waals surface area contributed by atoms with Crippen LogP contribution in [0.4, 0.5) is 0 Å². The van der Waals surface area contributed by atoms with E-state index in [0.717, 1.165) is 25.3 Å². The zero-order valence-electron chi connectivity index (χ0n) is 8.86. The first-order chi connectivity index (χ1) is 6.74. The second-order valence-electron chi connectivity index (χ2n) is 4.10. The number of ether oxygens (including phenoxy) is 1. The second kappa shape index (κ2) is 4.01. The summed E-state index contributed by atoms with van der Waals surface area (Å²) in [5.74, 6) is 0.996. The summed E-state index contributed by atoms with van der Waals surface area (Å²) in [5, 5.41) is 0. The number of hydrogen-bond acceptors (Lipinski definition) is 2. The predicted molar refractivity (Wildman–Crippen MR) is 57.7 cm³/mol. The Morgan fingerprint density at radius 3 is 2.57 bits per heavy atom. The molecule has 2 rings (SSSR count). The van der Waals surface area contributed by atoms with Crippen molar-refractivity contribution in [2.45, 2.75) is 19.4 Å². The van der Waals surface area contributed by atoms with E-state index in [0.29, 0.717) is 6.10 Å². The molecule has 0 aliphatic carbocycles. The molecule has 0 aromatic heterocycles. The van der Waals surface area contributed by atoms with E-state index in [4.69, 9.17) is 4.74 Å². The molecular weight excluding hydrogens is 174 g/mol. The van der Waals surface area contributed by atoms with E-state index in [-0.39, 0.29) is 0 Å². The van der Waals surface area contributed by atoms with Crippen molar-refractivity contribution >= 4 is 0 Å². The highest BCUT2D eigenvalue weighted by molar-refractivity contribution is 5.26. The molecule has 0 bridgehead atoms. The number of aryl methyl sites for hydroxylation is 1. The summed E-state index contributed by atoms with van der Waals surface area (Å²) in [6.07, 6.45) is 1.52. The van der Waals surface area contributed by atoms with E-state index in [1.165, 1.54) is 5.56 Å². The van der Waals surface area contributed by atoms with E-state index in [1.807, 2.05) is 12.1 Å². The third-order valence-electron chi connectivity index (χ3n) is 2.67. The minimum absolute atomic E-state index is 0.378. The largest absolute Gasteiger partial charge is 0.489 e. The summed E-state index contributed by atoms with van der Waals surface area (Å²) < 4.78 is 5.86. The lowest BCUT2D eigenvalue weighted by Gasteiger charge is -2.13. The average Bonchev–Trinajstić information content (AvgIpc) is 2.56. The Morgan fingerprint density at radius 2 is 2.00 bits per heavy atom. The van der Waals surface area contributed by atoms with Crippen LogP contribution in [0.3, 0.4) is 0 Å². The summed E-state index contributed by atoms with van der Waals surface area (Å²) >= 11 is 0. The highest BCUT2D eigenvalue weighted by Gasteiger charge is 2.20. The molecule has 0 saturated carbocycles. The Labute approximate surface area is 85.5 Å². The zero-order valence-corrected chi connectivity index (χ0v) is 8.86. The highest BCUT2D eigenvalue weighted by atomic mass is 16.5. The molecule has 1 aliphatic heterocycles. The Bertz CT molecular complexity index is 294. The van der Waals surface area contributed by atoms with Crippen molar-refractivity contribution in [1.82, 2.24) is 4.90 Å². The van der Waals surface area contributed by atoms with E-state index >= 15 is 0 Å². The number of likely N-dealkylation sites (N-methyl/N-ethyl adjacent to an activating group) is 1. The monoisotopic (exact) mass is 191 g/mol. The van der Waals surface area contributed by atoms with Gasteiger partial charge in [0.25, 0.3) is 0 Å². The number of nitrogens with zero attached hydrogens (tertiary/aromatic N) is 1. The van der Waals surface area contributed by atoms with Crippen molar-refractivity contribution in [2.75, 3.05) is 20.1 Å². The van der Waals surface area contributed by atoms with Crippen LogP contribution >= 0.6 is 0 Å². The molecule has 1 aromatic carbocycles. The lowest BCUT2D eigenvalue weighted by Crippen LogP contribution is -2.21. The third kappa shape index (κ3) is 2.26. The van der Waals surface area contributed by atoms with Gasteiger partial charge in [-0.25, -0.2) is 0 Å². The maximum atomic E-state index is 5.86. The molecule has 2 nitrogen and oxygen atoms in total. The van der Waals surface area contributed by atoms with Gasteiger partial charge in [-0.15, -0.1) is 0 Å². The average molecular weight is 191 g/mol. The van der Waals surface area contributed by atoms with Crippen molar-refractivity contribution in [3.05, 3.63) is 29.8 Å². The van der Waals surface area contributed by atoms with Crippen LogP contribution in [0.1, 0.15) is 12.0 Å². The zero-order chi connectivity index (χ0) is 9.97. The van der Waals surface area contributed by atoms with Crippen LogP contribution in [-0.4, -0.2) is 31.1 Å². The fourth-order valence-electron chi connectivity index (χ4n) is 1.80. The van der Waals surface area contributed by atoms with E-state index in [2.05, 4.69) is 31.0 Å². The van der Waals surface area contributed by atoms with Gasteiger partial charge >= 0.3 is 0 Å². The summed E-state index contributed by atoms with van der Waals surface area (Å²) in [4.78, 5) is 2.30. The molecule has 1 heterocycles. The van der Waals surface area contributed by atoms with Crippen LogP contribution in [0.2, 0.25) is 0 Å². The first kappa shape index (κ1) is 9.53. The van der Waals surface area contributed by atoms with Gasteiger partial charge in [-0.2, -0.15) is 0 Å². The number of hydrogen-bond donors (Lipinski definition) is 0. The lowest BCUT2D eigenvalue weighted by molar-refractivity contribution is 0.208. The number of benzene rings is 1. The van der Waals surface area contributed by atoms with Gasteiger partial charge in [0, 0.05) is 13.1 Å². The first-order valence-corrected chi connectivity index (χ1v) is 5.16. The Kier molecular flexibility index (Phi) is 2.73. The van der Waals surface area contributed by atoms with Crippen LogP contribution in [0.25, 0.3) is 0 Å². The topological polar surface area (TPSA) is 12.5 Å². The van der Waals surface area contributed by atoms with E-state index < -0.39 is 0 Å². The van der Waals surface area contributed by atoms with Gasteiger partial charge in [0.05, 0.1) is 0 Å². The van der Waals surface area contributed by atoms with Crippen LogP contribution < -0.4 is 4.74 Å². The SMILES string of the molecule is Cc1ccc(O[C@H]2CCN(C)C2)cc1. The van der Waals surface area contributed by atoms with Gasteiger partial charge in [-0.05, 0) is 32.5 Å². The predicted octanol–water partition coefficient (Wildman–Crippen LogP) is 2.08. The maximum absolute atomic E-state index is 5.86. The van der Waals surface area contributed by atoms with Gasteiger partial charge in [-0.3, -0.25) is 0 Å². The van der Waals surface area contributed by atoms with Crippen molar-refractivity contribution < 1.29 is 4.74 Å². The maximum Gasteiger partial charge on any atom is 0.119 e. The number of likely N-dealkylation sites (tertiary alicyclic amines) is 1. The van der Waals surface area contributed by atoms with Crippen LogP contribution in [-0.2, 0) is 0 Å². The Balaban J connectivity index is 1.94. The smallest absolute Gasteiger partial charge is 0.119 e. The van der Waals surface area contributed by atoms with Crippen molar-refractivity contribution in [2.24, 2.45) is 0 Å². The molecule has 1 fully saturated rings. The van der Waals surface area contributed by atoms with Gasteiger partial charge in [0.15, 0.2) is 0 Å². The van der Waals surface area contributed by atoms with Crippen molar-refractivity contribution in [3.8, 4) is 5.75 Å². The molecule has 14 heavy (non-hydrogen) atoms. The molecule has 1 atom stereocenters. The second-order valence-corrected chi connectivity index (χ2v) is 4.10. The van der Waals surface area contributed by atoms with Gasteiger partial charge in [0.1, 0.15) is 11.9 Å². The summed E-state index contributed by atoms with van der Waals surface area (Å²) in [6, 6.07) is 8.28. The molecule has 1 aliphatic rings. The quantitative estimate of drug-likeness (QED) is 0.709. The van der Waals surface area contributed by atoms with Crippen LogP contribution in [0.5, 0.6) is 5.75 Å². The minimum atomic E-state index is 0.378. The molecule has 0 radical (unpaired) electrons. The number of rotatable bonds is 2. The van der Waals surface area contributed by atoms with Gasteiger partial charge in [-0.1, -0.05) is 17.7 Å². The lowest BCUT2D eigenvalue weighted by atomic mass is 10.2. The molecule has 2 heteroatoms. The Morgan fingerprint density at radius 1 is 1.29 bits per heavy atom. The standard InChI is InChI=1S/C12H17NO/c1-10-3-5-11(6-4-10)14-12-7-8-13(2)9-12/h3-6,12H,7-9H2,1-2H3/t12-/m0/s1. The molecule has 1 saturated heterocycles. The molecule has 0 unspecified atom stereocenters. The van der Waals surface area contributed by atoms with E-state index in [9.17, 15) is 0 Å². The molecule has 0 amide bonds. The first-order valence-electron chi connectivity index (χ1n) is 5.16. The van der Waals surface area contributed by atoms with Gasteiger partial charge < -0.3 is 9.64 Å². The normalized spacial score (nSPS) is 22.6. The third-order valence-corrected chi connectivity index (χ3v) is 2.67. The summed E-state index contributed by atoms with van der Waals surface area (Å²) in [7, 11) is 2.14. The van der Waals surface area contributed by atoms with Crippen molar-refractivity contribution in [1.29, 1.82) is 0 Å². The molecule has 1 aromatic rings. The molecule has 0 N–H and O–H groups in total. The molecule has 76 valence electrons. The van der Waals surface area contributed by atoms with Crippen molar-refractivity contribution in [3.63, 3.8) is 0 Å². The minimum Gasteiger partial charge on any atom is -0.489 e. The van der Waals surface area contributed by atoms with Crippen LogP contribution in [0, 0.1) is 6.92 Å². The van der Waals surface area contributed by atoms with E-state index in [1.54, 1.807) is 0 Å². The molecule has 0 spiro atoms. The van der Waals surface area contributed by atoms with Crippen LogP contribution in [0.15, 0.2) is 24.3 Å². The fourth-order valence-corrected chi connectivity index (χ4v) is 1.80.